The third-order valence-corrected chi connectivity index (χ3v) is 5.22. The average molecular weight is 340 g/mol. The summed E-state index contributed by atoms with van der Waals surface area (Å²) < 4.78 is 28.6. The summed E-state index contributed by atoms with van der Waals surface area (Å²) in [6.07, 6.45) is 1.20. The van der Waals surface area contributed by atoms with E-state index >= 15 is 0 Å². The Balaban J connectivity index is 2.12. The zero-order valence-corrected chi connectivity index (χ0v) is 15.0. The molecule has 0 saturated heterocycles. The lowest BCUT2D eigenvalue weighted by atomic mass is 9.97. The molecular weight excluding hydrogens is 320 g/mol. The zero-order valence-electron chi connectivity index (χ0n) is 13.3. The highest BCUT2D eigenvalue weighted by molar-refractivity contribution is 7.99. The molecular formula is C15H20N2O3S2. The highest BCUT2D eigenvalue weighted by Crippen LogP contribution is 2.35. The van der Waals surface area contributed by atoms with E-state index in [2.05, 4.69) is 10.2 Å². The molecule has 0 fully saturated rings. The fourth-order valence-electron chi connectivity index (χ4n) is 1.77. The summed E-state index contributed by atoms with van der Waals surface area (Å²) in [6, 6.07) is 6.87. The smallest absolute Gasteiger partial charge is 0.277 e. The summed E-state index contributed by atoms with van der Waals surface area (Å²) in [5.74, 6) is 0.606. The molecule has 0 aliphatic rings. The van der Waals surface area contributed by atoms with Crippen LogP contribution in [0.4, 0.5) is 0 Å². The molecule has 1 aromatic heterocycles. The van der Waals surface area contributed by atoms with E-state index in [4.69, 9.17) is 4.42 Å². The SMILES string of the molecule is C[C@@H](Sc1nnc(C(C)(C)C)o1)c1ccc(S(C)(=O)=O)cc1. The predicted molar refractivity (Wildman–Crippen MR) is 86.8 cm³/mol. The van der Waals surface area contributed by atoms with Crippen molar-refractivity contribution in [2.75, 3.05) is 6.26 Å². The van der Waals surface area contributed by atoms with Crippen molar-refractivity contribution in [3.8, 4) is 0 Å². The molecule has 0 radical (unpaired) electrons. The van der Waals surface area contributed by atoms with Crippen LogP contribution in [0.1, 0.15) is 44.4 Å². The molecule has 5 nitrogen and oxygen atoms in total. The maximum atomic E-state index is 11.5. The number of nitrogens with zero attached hydrogens (tertiary/aromatic N) is 2. The van der Waals surface area contributed by atoms with Gasteiger partial charge >= 0.3 is 0 Å². The highest BCUT2D eigenvalue weighted by atomic mass is 32.2. The lowest BCUT2D eigenvalue weighted by Gasteiger charge is -2.12. The monoisotopic (exact) mass is 340 g/mol. The van der Waals surface area contributed by atoms with E-state index in [1.807, 2.05) is 39.8 Å². The minimum absolute atomic E-state index is 0.0851. The van der Waals surface area contributed by atoms with Gasteiger partial charge < -0.3 is 4.42 Å². The van der Waals surface area contributed by atoms with Gasteiger partial charge in [0.05, 0.1) is 4.90 Å². The van der Waals surface area contributed by atoms with E-state index in [1.165, 1.54) is 18.0 Å². The molecule has 0 saturated carbocycles. The Labute approximate surface area is 135 Å². The second kappa shape index (κ2) is 6.04. The van der Waals surface area contributed by atoms with Crippen LogP contribution < -0.4 is 0 Å². The molecule has 0 aliphatic heterocycles. The molecule has 1 aromatic carbocycles. The van der Waals surface area contributed by atoms with Crippen molar-refractivity contribution in [2.45, 2.75) is 48.5 Å². The Hall–Kier alpha value is -1.34. The third kappa shape index (κ3) is 4.10. The van der Waals surface area contributed by atoms with Crippen molar-refractivity contribution in [1.29, 1.82) is 0 Å². The molecule has 0 aliphatic carbocycles. The fourth-order valence-corrected chi connectivity index (χ4v) is 3.21. The predicted octanol–water partition coefficient (Wildman–Crippen LogP) is 3.62. The van der Waals surface area contributed by atoms with Crippen LogP contribution in [0, 0.1) is 0 Å². The quantitative estimate of drug-likeness (QED) is 0.791. The maximum absolute atomic E-state index is 11.5. The number of rotatable bonds is 4. The topological polar surface area (TPSA) is 73.1 Å². The molecule has 22 heavy (non-hydrogen) atoms. The van der Waals surface area contributed by atoms with Gasteiger partial charge in [-0.1, -0.05) is 44.7 Å². The minimum atomic E-state index is -3.16. The molecule has 0 spiro atoms. The first-order valence-corrected chi connectivity index (χ1v) is 9.65. The van der Waals surface area contributed by atoms with E-state index in [1.54, 1.807) is 12.1 Å². The third-order valence-electron chi connectivity index (χ3n) is 3.10. The Morgan fingerprint density at radius 2 is 1.73 bits per heavy atom. The van der Waals surface area contributed by atoms with Gasteiger partial charge in [-0.25, -0.2) is 8.42 Å². The number of hydrogen-bond acceptors (Lipinski definition) is 6. The van der Waals surface area contributed by atoms with E-state index in [9.17, 15) is 8.42 Å². The summed E-state index contributed by atoms with van der Waals surface area (Å²) in [7, 11) is -3.16. The van der Waals surface area contributed by atoms with Crippen LogP contribution in [-0.2, 0) is 15.3 Å². The van der Waals surface area contributed by atoms with Gasteiger partial charge in [0, 0.05) is 16.9 Å². The first-order chi connectivity index (χ1) is 10.1. The van der Waals surface area contributed by atoms with Crippen LogP contribution in [0.3, 0.4) is 0 Å². The van der Waals surface area contributed by atoms with Gasteiger partial charge in [-0.2, -0.15) is 0 Å². The van der Waals surface area contributed by atoms with Gasteiger partial charge in [-0.05, 0) is 24.6 Å². The van der Waals surface area contributed by atoms with Crippen LogP contribution in [0.15, 0.2) is 38.8 Å². The van der Waals surface area contributed by atoms with Crippen LogP contribution in [0.25, 0.3) is 0 Å². The summed E-state index contributed by atoms with van der Waals surface area (Å²) >= 11 is 1.46. The Bertz CT molecular complexity index is 744. The van der Waals surface area contributed by atoms with Crippen LogP contribution in [-0.4, -0.2) is 24.9 Å². The molecule has 0 amide bonds. The van der Waals surface area contributed by atoms with Crippen molar-refractivity contribution < 1.29 is 12.8 Å². The molecule has 0 bridgehead atoms. The Morgan fingerprint density at radius 3 is 2.18 bits per heavy atom. The molecule has 120 valence electrons. The summed E-state index contributed by atoms with van der Waals surface area (Å²) in [4.78, 5) is 0.321. The normalized spacial score (nSPS) is 14.0. The van der Waals surface area contributed by atoms with Crippen molar-refractivity contribution >= 4 is 21.6 Å². The molecule has 1 atom stereocenters. The van der Waals surface area contributed by atoms with Gasteiger partial charge in [0.15, 0.2) is 9.84 Å². The number of benzene rings is 1. The largest absolute Gasteiger partial charge is 0.415 e. The molecule has 1 heterocycles. The second-order valence-electron chi connectivity index (χ2n) is 6.22. The molecule has 2 rings (SSSR count). The highest BCUT2D eigenvalue weighted by Gasteiger charge is 2.22. The maximum Gasteiger partial charge on any atom is 0.277 e. The average Bonchev–Trinajstić information content (AvgIpc) is 2.86. The standard InChI is InChI=1S/C15H20N2O3S2/c1-10(11-6-8-12(9-7-11)22(5,18)19)21-14-17-16-13(20-14)15(2,3)4/h6-10H,1-5H3/t10-/m1/s1. The second-order valence-corrected chi connectivity index (χ2v) is 9.53. The number of hydrogen-bond donors (Lipinski definition) is 0. The van der Waals surface area contributed by atoms with Gasteiger partial charge in [-0.15, -0.1) is 10.2 Å². The van der Waals surface area contributed by atoms with Crippen molar-refractivity contribution in [3.05, 3.63) is 35.7 Å². The number of aromatic nitrogens is 2. The van der Waals surface area contributed by atoms with Gasteiger partial charge in [0.2, 0.25) is 5.89 Å². The van der Waals surface area contributed by atoms with Gasteiger partial charge in [0.25, 0.3) is 5.22 Å². The van der Waals surface area contributed by atoms with E-state index in [0.29, 0.717) is 16.0 Å². The minimum Gasteiger partial charge on any atom is -0.415 e. The van der Waals surface area contributed by atoms with Crippen molar-refractivity contribution in [1.82, 2.24) is 10.2 Å². The van der Waals surface area contributed by atoms with Gasteiger partial charge in [0.1, 0.15) is 0 Å². The van der Waals surface area contributed by atoms with E-state index < -0.39 is 9.84 Å². The molecule has 0 unspecified atom stereocenters. The summed E-state index contributed by atoms with van der Waals surface area (Å²) in [5.41, 5.74) is 0.833. The van der Waals surface area contributed by atoms with E-state index in [-0.39, 0.29) is 10.7 Å². The van der Waals surface area contributed by atoms with Crippen molar-refractivity contribution in [3.63, 3.8) is 0 Å². The fraction of sp³-hybridized carbons (Fsp3) is 0.467. The first-order valence-electron chi connectivity index (χ1n) is 6.88. The lowest BCUT2D eigenvalue weighted by molar-refractivity contribution is 0.347. The van der Waals surface area contributed by atoms with Crippen LogP contribution >= 0.6 is 11.8 Å². The Morgan fingerprint density at radius 1 is 1.14 bits per heavy atom. The summed E-state index contributed by atoms with van der Waals surface area (Å²) in [6.45, 7) is 8.06. The molecule has 0 N–H and O–H groups in total. The summed E-state index contributed by atoms with van der Waals surface area (Å²) in [5, 5.41) is 8.72. The van der Waals surface area contributed by atoms with Crippen LogP contribution in [0.2, 0.25) is 0 Å². The van der Waals surface area contributed by atoms with Crippen LogP contribution in [0.5, 0.6) is 0 Å². The Kier molecular flexibility index (Phi) is 4.67. The zero-order chi connectivity index (χ0) is 16.5. The van der Waals surface area contributed by atoms with E-state index in [0.717, 1.165) is 5.56 Å². The number of sulfone groups is 1. The first kappa shape index (κ1) is 17.0. The molecule has 2 aromatic rings. The lowest BCUT2D eigenvalue weighted by Crippen LogP contribution is -2.11. The van der Waals surface area contributed by atoms with Gasteiger partial charge in [-0.3, -0.25) is 0 Å². The number of thioether (sulfide) groups is 1. The molecule has 7 heteroatoms. The van der Waals surface area contributed by atoms with Crippen molar-refractivity contribution in [2.24, 2.45) is 0 Å².